The Hall–Kier alpha value is -3.16. The molecule has 2 saturated heterocycles. The van der Waals surface area contributed by atoms with Crippen LogP contribution in [-0.2, 0) is 14.3 Å². The van der Waals surface area contributed by atoms with Gasteiger partial charge in [-0.2, -0.15) is 4.39 Å². The molecule has 0 unspecified atom stereocenters. The Morgan fingerprint density at radius 1 is 0.951 bits per heavy atom. The van der Waals surface area contributed by atoms with Gasteiger partial charge in [-0.15, -0.1) is 0 Å². The summed E-state index contributed by atoms with van der Waals surface area (Å²) in [6.07, 6.45) is -9.83. The summed E-state index contributed by atoms with van der Waals surface area (Å²) in [6.45, 7) is 2.30. The van der Waals surface area contributed by atoms with Gasteiger partial charge in [-0.3, -0.25) is 4.79 Å². The van der Waals surface area contributed by atoms with Gasteiger partial charge >= 0.3 is 0 Å². The molecule has 2 fully saturated rings. The Balaban J connectivity index is 0.000000280. The Morgan fingerprint density at radius 2 is 1.39 bits per heavy atom. The van der Waals surface area contributed by atoms with Gasteiger partial charge in [0, 0.05) is 12.4 Å². The number of alkyl halides is 4. The molecule has 0 bridgehead atoms. The van der Waals surface area contributed by atoms with Crippen LogP contribution in [0.4, 0.5) is 26.3 Å². The van der Waals surface area contributed by atoms with E-state index in [1.54, 1.807) is 0 Å². The molecule has 0 spiro atoms. The number of nitrogens with zero attached hydrogens (tertiary/aromatic N) is 3. The van der Waals surface area contributed by atoms with E-state index in [4.69, 9.17) is 25.4 Å². The number of carbonyl (C=O) groups excluding carboxylic acids is 1. The number of nitrogens with two attached hydrogens (primary N) is 1. The zero-order valence-electron chi connectivity index (χ0n) is 20.6. The van der Waals surface area contributed by atoms with Crippen LogP contribution in [0.1, 0.15) is 7.43 Å². The van der Waals surface area contributed by atoms with Crippen LogP contribution in [0.25, 0.3) is 0 Å². The lowest BCUT2D eigenvalue weighted by molar-refractivity contribution is -0.145. The van der Waals surface area contributed by atoms with E-state index in [1.807, 2.05) is 5.32 Å². The van der Waals surface area contributed by atoms with E-state index >= 15 is 0 Å². The van der Waals surface area contributed by atoms with Gasteiger partial charge in [0.15, 0.2) is 47.7 Å². The number of carbonyl (C=O) groups is 1. The fraction of sp³-hybridized carbons (Fsp3) is 0.565. The topological polar surface area (TPSA) is 173 Å². The number of rotatable bonds is 6. The van der Waals surface area contributed by atoms with Crippen LogP contribution in [0.2, 0.25) is 0 Å². The molecule has 0 aliphatic carbocycles. The summed E-state index contributed by atoms with van der Waals surface area (Å²) in [4.78, 5) is 16.2. The number of halogens is 6. The highest BCUT2D eigenvalue weighted by Gasteiger charge is 2.58. The molecule has 4 aliphatic rings. The molecule has 1 amide bonds. The standard InChI is InChI=1S/C11H14F3N3O3.C11H13F3N2O4.CH4/c1-5-16-9(15)6(13)2-17(5)10-7(14)8(19)11(3-12,4-18)20-10;1-5-15-9(19)6(13)2-16(5)10-7(14)8(18)11(3-12,4-17)20-10;/h2,7-8,10,18-19H,1,3-4H2,(H2,15,16);2,7-8,10,17-18H,1,3-4H2,(H,15,19);1H4/t2*7-,8+,10-,11-;/m11./s1. The van der Waals surface area contributed by atoms with E-state index in [0.717, 1.165) is 16.0 Å². The van der Waals surface area contributed by atoms with Crippen molar-refractivity contribution in [3.8, 4) is 0 Å². The van der Waals surface area contributed by atoms with Crippen molar-refractivity contribution in [3.63, 3.8) is 0 Å². The summed E-state index contributed by atoms with van der Waals surface area (Å²) < 4.78 is 90.7. The van der Waals surface area contributed by atoms with Gasteiger partial charge in [0.2, 0.25) is 5.83 Å². The first kappa shape index (κ1) is 34.0. The first-order valence-electron chi connectivity index (χ1n) is 11.4. The molecule has 0 saturated carbocycles. The van der Waals surface area contributed by atoms with Crippen LogP contribution in [0.5, 0.6) is 0 Å². The molecular weight excluding hydrogens is 572 g/mol. The smallest absolute Gasteiger partial charge is 0.287 e. The van der Waals surface area contributed by atoms with Gasteiger partial charge < -0.3 is 50.8 Å². The maximum atomic E-state index is 14.1. The van der Waals surface area contributed by atoms with Gasteiger partial charge in [-0.05, 0) is 0 Å². The second-order valence-electron chi connectivity index (χ2n) is 9.09. The molecule has 0 aromatic rings. The summed E-state index contributed by atoms with van der Waals surface area (Å²) in [5, 5.41) is 39.6. The SMILES string of the molecule is C.C=C1N=C(N)C(F)=CN1[C@@H]1O[C@@](CO)(CF)[C@@H](O)[C@H]1F.C=C1NC(=O)C(F)=CN1[C@@H]1O[C@@](CO)(CF)[C@@H](O)[C@H]1F. The van der Waals surface area contributed by atoms with Crippen LogP contribution in [0, 0.1) is 0 Å². The summed E-state index contributed by atoms with van der Waals surface area (Å²) in [7, 11) is 0. The normalized spacial score (nSPS) is 37.0. The van der Waals surface area contributed by atoms with Crippen LogP contribution >= 0.6 is 0 Å². The summed E-state index contributed by atoms with van der Waals surface area (Å²) in [5.74, 6) is -3.97. The molecule has 7 N–H and O–H groups in total. The fourth-order valence-corrected chi connectivity index (χ4v) is 4.10. The summed E-state index contributed by atoms with van der Waals surface area (Å²) >= 11 is 0. The number of hydrogen-bond donors (Lipinski definition) is 6. The molecule has 12 nitrogen and oxygen atoms in total. The minimum atomic E-state index is -2.13. The highest BCUT2D eigenvalue weighted by Crippen LogP contribution is 2.38. The Labute approximate surface area is 230 Å². The highest BCUT2D eigenvalue weighted by atomic mass is 19.2. The van der Waals surface area contributed by atoms with Gasteiger partial charge in [0.1, 0.15) is 37.2 Å². The van der Waals surface area contributed by atoms with Crippen LogP contribution < -0.4 is 11.1 Å². The van der Waals surface area contributed by atoms with E-state index in [2.05, 4.69) is 18.2 Å². The zero-order chi connectivity index (χ0) is 30.2. The second kappa shape index (κ2) is 12.8. The molecule has 8 atom stereocenters. The van der Waals surface area contributed by atoms with Crippen molar-refractivity contribution >= 4 is 11.7 Å². The Bertz CT molecular complexity index is 1110. The lowest BCUT2D eigenvalue weighted by Crippen LogP contribution is -2.47. The average Bonchev–Trinajstić information content (AvgIpc) is 3.34. The number of aliphatic hydroxyl groups is 4. The van der Waals surface area contributed by atoms with Crippen molar-refractivity contribution in [3.05, 3.63) is 48.9 Å². The number of amidine groups is 1. The molecule has 4 rings (SSSR count). The van der Waals surface area contributed by atoms with Gasteiger partial charge in [-0.1, -0.05) is 20.6 Å². The van der Waals surface area contributed by atoms with E-state index < -0.39 is 98.2 Å². The maximum Gasteiger partial charge on any atom is 0.287 e. The molecular formula is C23H31F6N5O7. The van der Waals surface area contributed by atoms with Crippen LogP contribution in [-0.4, -0.2) is 117 Å². The summed E-state index contributed by atoms with van der Waals surface area (Å²) in [6, 6.07) is 0. The highest BCUT2D eigenvalue weighted by molar-refractivity contribution is 5.96. The third-order valence-electron chi connectivity index (χ3n) is 6.56. The van der Waals surface area contributed by atoms with E-state index in [0.29, 0.717) is 6.20 Å². The number of hydrogen-bond acceptors (Lipinski definition) is 11. The van der Waals surface area contributed by atoms with Gasteiger partial charge in [0.25, 0.3) is 5.91 Å². The second-order valence-corrected chi connectivity index (χ2v) is 9.09. The van der Waals surface area contributed by atoms with Crippen molar-refractivity contribution < 1.29 is 61.0 Å². The predicted molar refractivity (Wildman–Crippen MR) is 130 cm³/mol. The Kier molecular flexibility index (Phi) is 10.6. The molecule has 0 aromatic carbocycles. The monoisotopic (exact) mass is 603 g/mol. The molecule has 41 heavy (non-hydrogen) atoms. The number of ether oxygens (including phenoxy) is 2. The summed E-state index contributed by atoms with van der Waals surface area (Å²) in [5.41, 5.74) is 1.01. The quantitative estimate of drug-likeness (QED) is 0.223. The minimum Gasteiger partial charge on any atom is -0.393 e. The number of nitrogens with one attached hydrogen (secondary N) is 1. The molecule has 0 aromatic heterocycles. The molecule has 232 valence electrons. The average molecular weight is 604 g/mol. The van der Waals surface area contributed by atoms with Gasteiger partial charge in [0.05, 0.1) is 13.2 Å². The predicted octanol–water partition coefficient (Wildman–Crippen LogP) is -0.210. The van der Waals surface area contributed by atoms with Crippen molar-refractivity contribution in [1.82, 2.24) is 15.1 Å². The van der Waals surface area contributed by atoms with Crippen molar-refractivity contribution in [2.24, 2.45) is 10.7 Å². The number of aliphatic hydroxyl groups excluding tert-OH is 4. The lowest BCUT2D eigenvalue weighted by Gasteiger charge is -2.33. The number of aliphatic imine (C=N–C) groups is 1. The molecule has 4 heterocycles. The Morgan fingerprint density at radius 3 is 1.80 bits per heavy atom. The van der Waals surface area contributed by atoms with E-state index in [1.165, 1.54) is 0 Å². The minimum absolute atomic E-state index is 0. The zero-order valence-corrected chi connectivity index (χ0v) is 20.6. The largest absolute Gasteiger partial charge is 0.393 e. The van der Waals surface area contributed by atoms with Crippen molar-refractivity contribution in [2.75, 3.05) is 26.6 Å². The van der Waals surface area contributed by atoms with Crippen molar-refractivity contribution in [2.45, 2.75) is 55.6 Å². The van der Waals surface area contributed by atoms with Crippen molar-refractivity contribution in [1.29, 1.82) is 0 Å². The first-order valence-corrected chi connectivity index (χ1v) is 11.4. The van der Waals surface area contributed by atoms with E-state index in [-0.39, 0.29) is 19.1 Å². The number of amides is 1. The molecule has 18 heteroatoms. The van der Waals surface area contributed by atoms with Crippen LogP contribution in [0.3, 0.4) is 0 Å². The molecule has 4 aliphatic heterocycles. The van der Waals surface area contributed by atoms with Crippen LogP contribution in [0.15, 0.2) is 53.8 Å². The lowest BCUT2D eigenvalue weighted by atomic mass is 9.98. The maximum absolute atomic E-state index is 14.1. The third kappa shape index (κ3) is 5.93. The fourth-order valence-electron chi connectivity index (χ4n) is 4.10. The third-order valence-corrected chi connectivity index (χ3v) is 6.56. The van der Waals surface area contributed by atoms with Gasteiger partial charge in [-0.25, -0.2) is 26.9 Å². The molecule has 0 radical (unpaired) electrons. The van der Waals surface area contributed by atoms with E-state index in [9.17, 15) is 41.4 Å². The first-order chi connectivity index (χ1) is 18.7.